The van der Waals surface area contributed by atoms with E-state index >= 15 is 0 Å². The molecule has 7 heteroatoms. The minimum atomic E-state index is -0.548. The van der Waals surface area contributed by atoms with Crippen molar-refractivity contribution >= 4 is 18.1 Å². The van der Waals surface area contributed by atoms with Gasteiger partial charge in [-0.25, -0.2) is 10.2 Å². The molecule has 0 bridgehead atoms. The van der Waals surface area contributed by atoms with Gasteiger partial charge in [0.25, 0.3) is 5.91 Å². The third-order valence-electron chi connectivity index (χ3n) is 5.87. The molecule has 3 aromatic carbocycles. The normalized spacial score (nSPS) is 13.7. The van der Waals surface area contributed by atoms with Crippen molar-refractivity contribution < 1.29 is 19.1 Å². The molecule has 0 aromatic heterocycles. The Labute approximate surface area is 218 Å². The van der Waals surface area contributed by atoms with E-state index in [-0.39, 0.29) is 12.5 Å². The highest BCUT2D eigenvalue weighted by Crippen LogP contribution is 2.20. The maximum atomic E-state index is 12.5. The van der Waals surface area contributed by atoms with Crippen molar-refractivity contribution in [2.45, 2.75) is 45.9 Å². The molecule has 0 saturated heterocycles. The zero-order valence-electron chi connectivity index (χ0n) is 21.6. The number of rotatable bonds is 8. The van der Waals surface area contributed by atoms with E-state index in [4.69, 9.17) is 9.47 Å². The van der Waals surface area contributed by atoms with Crippen LogP contribution < -0.4 is 10.2 Å². The molecule has 3 aromatic rings. The average molecular weight is 500 g/mol. The summed E-state index contributed by atoms with van der Waals surface area (Å²) in [5.41, 5.74) is 7.36. The first-order valence-corrected chi connectivity index (χ1v) is 12.4. The Morgan fingerprint density at radius 1 is 0.973 bits per heavy atom. The minimum absolute atomic E-state index is 0.161. The van der Waals surface area contributed by atoms with Crippen molar-refractivity contribution in [1.82, 2.24) is 10.3 Å². The zero-order valence-corrected chi connectivity index (χ0v) is 21.6. The molecule has 0 radical (unpaired) electrons. The molecule has 0 saturated carbocycles. The first-order valence-electron chi connectivity index (χ1n) is 12.4. The molecule has 0 fully saturated rings. The van der Waals surface area contributed by atoms with Crippen LogP contribution in [0.1, 0.15) is 53.4 Å². The van der Waals surface area contributed by atoms with Gasteiger partial charge >= 0.3 is 5.97 Å². The van der Waals surface area contributed by atoms with Crippen molar-refractivity contribution in [3.63, 3.8) is 0 Å². The van der Waals surface area contributed by atoms with E-state index in [1.165, 1.54) is 16.7 Å². The third-order valence-corrected chi connectivity index (χ3v) is 5.87. The Morgan fingerprint density at radius 3 is 2.38 bits per heavy atom. The van der Waals surface area contributed by atoms with E-state index in [9.17, 15) is 9.59 Å². The van der Waals surface area contributed by atoms with E-state index in [2.05, 4.69) is 39.7 Å². The molecule has 0 atom stereocenters. The van der Waals surface area contributed by atoms with Gasteiger partial charge in [0.1, 0.15) is 11.4 Å². The summed E-state index contributed by atoms with van der Waals surface area (Å²) in [6, 6.07) is 23.3. The van der Waals surface area contributed by atoms with E-state index in [0.717, 1.165) is 31.6 Å². The summed E-state index contributed by atoms with van der Waals surface area (Å²) in [6.07, 6.45) is 2.62. The van der Waals surface area contributed by atoms with Crippen LogP contribution in [0, 0.1) is 0 Å². The highest BCUT2D eigenvalue weighted by atomic mass is 16.6. The lowest BCUT2D eigenvalue weighted by Gasteiger charge is -2.28. The number of amides is 1. The molecular weight excluding hydrogens is 466 g/mol. The Balaban J connectivity index is 1.22. The molecule has 1 N–H and O–H groups in total. The Hall–Kier alpha value is -3.97. The fourth-order valence-corrected chi connectivity index (χ4v) is 4.10. The number of hydrazone groups is 1. The monoisotopic (exact) mass is 499 g/mol. The predicted octanol–water partition coefficient (Wildman–Crippen LogP) is 4.73. The SMILES string of the molecule is CC(C)(C)OC(=O)COc1ccc(/C=N/NC(=O)c2ccc(CN3CCc4ccccc4C3)cc2)cc1. The third kappa shape index (κ3) is 8.02. The second-order valence-electron chi connectivity index (χ2n) is 10.1. The van der Waals surface area contributed by atoms with Crippen LogP contribution in [0.2, 0.25) is 0 Å². The second-order valence-corrected chi connectivity index (χ2v) is 10.1. The summed E-state index contributed by atoms with van der Waals surface area (Å²) in [5.74, 6) is -0.154. The molecular formula is C30H33N3O4. The molecule has 1 aliphatic heterocycles. The smallest absolute Gasteiger partial charge is 0.344 e. The van der Waals surface area contributed by atoms with Gasteiger partial charge in [0.2, 0.25) is 0 Å². The minimum Gasteiger partial charge on any atom is -0.482 e. The average Bonchev–Trinajstić information content (AvgIpc) is 2.87. The number of carbonyl (C=O) groups excluding carboxylic acids is 2. The van der Waals surface area contributed by atoms with E-state index < -0.39 is 11.6 Å². The van der Waals surface area contributed by atoms with Crippen molar-refractivity contribution in [2.24, 2.45) is 5.10 Å². The van der Waals surface area contributed by atoms with E-state index in [1.54, 1.807) is 30.5 Å². The van der Waals surface area contributed by atoms with Crippen LogP contribution >= 0.6 is 0 Å². The summed E-state index contributed by atoms with van der Waals surface area (Å²) >= 11 is 0. The molecule has 0 aliphatic carbocycles. The van der Waals surface area contributed by atoms with Crippen LogP contribution in [0.4, 0.5) is 0 Å². The summed E-state index contributed by atoms with van der Waals surface area (Å²) in [5, 5.41) is 4.05. The van der Waals surface area contributed by atoms with Gasteiger partial charge in [-0.05, 0) is 85.8 Å². The lowest BCUT2D eigenvalue weighted by atomic mass is 9.99. The summed E-state index contributed by atoms with van der Waals surface area (Å²) in [4.78, 5) is 26.7. The van der Waals surface area contributed by atoms with Crippen molar-refractivity contribution in [3.8, 4) is 5.75 Å². The molecule has 0 spiro atoms. The van der Waals surface area contributed by atoms with Gasteiger partial charge in [-0.2, -0.15) is 5.10 Å². The van der Waals surface area contributed by atoms with E-state index in [1.807, 2.05) is 45.0 Å². The fraction of sp³-hybridized carbons (Fsp3) is 0.300. The Kier molecular flexibility index (Phi) is 8.36. The number of ether oxygens (including phenoxy) is 2. The number of hydrogen-bond acceptors (Lipinski definition) is 6. The number of nitrogens with one attached hydrogen (secondary N) is 1. The molecule has 1 heterocycles. The van der Waals surface area contributed by atoms with Crippen LogP contribution in [0.25, 0.3) is 0 Å². The predicted molar refractivity (Wildman–Crippen MR) is 144 cm³/mol. The number of fused-ring (bicyclic) bond motifs is 1. The topological polar surface area (TPSA) is 80.2 Å². The number of benzene rings is 3. The molecule has 1 amide bonds. The highest BCUT2D eigenvalue weighted by molar-refractivity contribution is 5.94. The van der Waals surface area contributed by atoms with Crippen LogP contribution in [-0.4, -0.2) is 41.7 Å². The molecule has 37 heavy (non-hydrogen) atoms. The lowest BCUT2D eigenvalue weighted by molar-refractivity contribution is -0.157. The largest absolute Gasteiger partial charge is 0.482 e. The number of esters is 1. The summed E-state index contributed by atoms with van der Waals surface area (Å²) in [6.45, 7) is 8.10. The van der Waals surface area contributed by atoms with Gasteiger partial charge < -0.3 is 9.47 Å². The standard InChI is InChI=1S/C30H33N3O4/c1-30(2,3)37-28(34)21-36-27-14-10-22(11-15-27)18-31-32-29(35)25-12-8-23(9-13-25)19-33-17-16-24-6-4-5-7-26(24)20-33/h4-15,18H,16-17,19-21H2,1-3H3,(H,32,35)/b31-18+. The zero-order chi connectivity index (χ0) is 26.3. The van der Waals surface area contributed by atoms with Gasteiger partial charge in [-0.3, -0.25) is 9.69 Å². The molecule has 1 aliphatic rings. The quantitative estimate of drug-likeness (QED) is 0.275. The van der Waals surface area contributed by atoms with Crippen LogP contribution in [0.5, 0.6) is 5.75 Å². The molecule has 0 unspecified atom stereocenters. The van der Waals surface area contributed by atoms with Gasteiger partial charge in [-0.15, -0.1) is 0 Å². The van der Waals surface area contributed by atoms with Gasteiger partial charge in [0, 0.05) is 25.2 Å². The molecule has 192 valence electrons. The number of hydrogen-bond donors (Lipinski definition) is 1. The number of nitrogens with zero attached hydrogens (tertiary/aromatic N) is 2. The highest BCUT2D eigenvalue weighted by Gasteiger charge is 2.17. The maximum Gasteiger partial charge on any atom is 0.344 e. The first-order chi connectivity index (χ1) is 17.7. The van der Waals surface area contributed by atoms with Crippen LogP contribution in [0.3, 0.4) is 0 Å². The van der Waals surface area contributed by atoms with Gasteiger partial charge in [0.05, 0.1) is 6.21 Å². The Morgan fingerprint density at radius 2 is 1.68 bits per heavy atom. The van der Waals surface area contributed by atoms with Gasteiger partial charge in [0.15, 0.2) is 6.61 Å². The fourth-order valence-electron chi connectivity index (χ4n) is 4.10. The van der Waals surface area contributed by atoms with Crippen LogP contribution in [-0.2, 0) is 29.0 Å². The molecule has 4 rings (SSSR count). The van der Waals surface area contributed by atoms with E-state index in [0.29, 0.717) is 11.3 Å². The van der Waals surface area contributed by atoms with Crippen molar-refractivity contribution in [1.29, 1.82) is 0 Å². The molecule has 7 nitrogen and oxygen atoms in total. The second kappa shape index (κ2) is 11.8. The Bertz CT molecular complexity index is 1250. The van der Waals surface area contributed by atoms with Crippen molar-refractivity contribution in [2.75, 3.05) is 13.2 Å². The van der Waals surface area contributed by atoms with Gasteiger partial charge in [-0.1, -0.05) is 36.4 Å². The summed E-state index contributed by atoms with van der Waals surface area (Å²) in [7, 11) is 0. The lowest BCUT2D eigenvalue weighted by Crippen LogP contribution is -2.30. The first kappa shape index (κ1) is 26.1. The van der Waals surface area contributed by atoms with Crippen molar-refractivity contribution in [3.05, 3.63) is 101 Å². The van der Waals surface area contributed by atoms with Crippen LogP contribution in [0.15, 0.2) is 77.9 Å². The summed E-state index contributed by atoms with van der Waals surface area (Å²) < 4.78 is 10.7. The number of carbonyl (C=O) groups is 2. The maximum absolute atomic E-state index is 12.5.